The van der Waals surface area contributed by atoms with Crippen molar-refractivity contribution in [1.29, 1.82) is 0 Å². The molecule has 0 saturated carbocycles. The van der Waals surface area contributed by atoms with E-state index in [4.69, 9.17) is 0 Å². The number of hydrogen-bond donors (Lipinski definition) is 3. The van der Waals surface area contributed by atoms with E-state index in [9.17, 15) is 15.0 Å². The van der Waals surface area contributed by atoms with Crippen molar-refractivity contribution >= 4 is 43.7 Å². The molecule has 0 aliphatic rings. The third-order valence-electron chi connectivity index (χ3n) is 2.66. The maximum Gasteiger partial charge on any atom is 0.185 e. The Labute approximate surface area is 122 Å². The zero-order valence-electron chi connectivity index (χ0n) is 10.1. The standard InChI is InChI=1S/C12H13BrN2O3S/c1-6(16)19-5-10(17)12(18)11-8-3-2-7(13)4-9(8)14-15-11/h2-4,10,12,17-18H,5H2,1H3,(H,14,15). The van der Waals surface area contributed by atoms with Gasteiger partial charge in [-0.25, -0.2) is 0 Å². The van der Waals surface area contributed by atoms with Gasteiger partial charge in [0.2, 0.25) is 0 Å². The predicted octanol–water partition coefficient (Wildman–Crippen LogP) is 2.00. The Morgan fingerprint density at radius 1 is 1.53 bits per heavy atom. The molecule has 5 nitrogen and oxygen atoms in total. The fourth-order valence-electron chi connectivity index (χ4n) is 1.72. The number of nitrogens with zero attached hydrogens (tertiary/aromatic N) is 1. The van der Waals surface area contributed by atoms with E-state index in [1.54, 1.807) is 0 Å². The summed E-state index contributed by atoms with van der Waals surface area (Å²) in [5.74, 6) is 0.146. The molecule has 2 aromatic rings. The molecule has 0 saturated heterocycles. The number of hydrogen-bond acceptors (Lipinski definition) is 5. The summed E-state index contributed by atoms with van der Waals surface area (Å²) in [5.41, 5.74) is 1.16. The lowest BCUT2D eigenvalue weighted by Crippen LogP contribution is -2.21. The van der Waals surface area contributed by atoms with Crippen molar-refractivity contribution in [3.05, 3.63) is 28.4 Å². The summed E-state index contributed by atoms with van der Waals surface area (Å²) < 4.78 is 0.889. The number of benzene rings is 1. The van der Waals surface area contributed by atoms with Gasteiger partial charge in [0.1, 0.15) is 6.10 Å². The van der Waals surface area contributed by atoms with Crippen LogP contribution in [0.25, 0.3) is 10.9 Å². The Bertz CT molecular complexity index is 602. The molecule has 1 aromatic carbocycles. The summed E-state index contributed by atoms with van der Waals surface area (Å²) in [6, 6.07) is 5.47. The van der Waals surface area contributed by atoms with Crippen LogP contribution in [0.3, 0.4) is 0 Å². The van der Waals surface area contributed by atoms with Gasteiger partial charge in [-0.15, -0.1) is 0 Å². The van der Waals surface area contributed by atoms with Gasteiger partial charge < -0.3 is 10.2 Å². The molecule has 2 rings (SSSR count). The molecule has 0 radical (unpaired) electrons. The van der Waals surface area contributed by atoms with Gasteiger partial charge in [0.15, 0.2) is 5.12 Å². The number of aromatic amines is 1. The molecule has 0 fully saturated rings. The number of H-pyrrole nitrogens is 1. The van der Waals surface area contributed by atoms with Crippen LogP contribution in [0.4, 0.5) is 0 Å². The Kier molecular flexibility index (Phi) is 4.62. The van der Waals surface area contributed by atoms with Crippen LogP contribution in [0.1, 0.15) is 18.7 Å². The fraction of sp³-hybridized carbons (Fsp3) is 0.333. The van der Waals surface area contributed by atoms with Crippen molar-refractivity contribution < 1.29 is 15.0 Å². The van der Waals surface area contributed by atoms with E-state index in [0.717, 1.165) is 21.6 Å². The van der Waals surface area contributed by atoms with Gasteiger partial charge in [-0.2, -0.15) is 5.10 Å². The Morgan fingerprint density at radius 3 is 2.95 bits per heavy atom. The first-order valence-corrected chi connectivity index (χ1v) is 7.40. The number of carbonyl (C=O) groups excluding carboxylic acids is 1. The van der Waals surface area contributed by atoms with E-state index >= 15 is 0 Å². The summed E-state index contributed by atoms with van der Waals surface area (Å²) in [6.07, 6.45) is -2.13. The molecule has 0 aliphatic heterocycles. The number of fused-ring (bicyclic) bond motifs is 1. The SMILES string of the molecule is CC(=O)SCC(O)C(O)c1[nH]nc2cc(Br)ccc12. The van der Waals surface area contributed by atoms with Crippen LogP contribution in [0.5, 0.6) is 0 Å². The minimum atomic E-state index is -1.10. The zero-order valence-corrected chi connectivity index (χ0v) is 12.5. The van der Waals surface area contributed by atoms with Gasteiger partial charge in [-0.05, 0) is 18.2 Å². The van der Waals surface area contributed by atoms with E-state index in [-0.39, 0.29) is 10.9 Å². The van der Waals surface area contributed by atoms with Crippen molar-refractivity contribution in [2.45, 2.75) is 19.1 Å². The zero-order chi connectivity index (χ0) is 14.0. The van der Waals surface area contributed by atoms with Gasteiger partial charge >= 0.3 is 0 Å². The molecule has 0 bridgehead atoms. The number of aliphatic hydroxyl groups is 2. The van der Waals surface area contributed by atoms with Crippen LogP contribution in [-0.2, 0) is 4.79 Å². The maximum absolute atomic E-state index is 10.9. The monoisotopic (exact) mass is 344 g/mol. The maximum atomic E-state index is 10.9. The highest BCUT2D eigenvalue weighted by atomic mass is 79.9. The lowest BCUT2D eigenvalue weighted by Gasteiger charge is -2.15. The average molecular weight is 345 g/mol. The highest BCUT2D eigenvalue weighted by Gasteiger charge is 2.23. The lowest BCUT2D eigenvalue weighted by atomic mass is 10.1. The molecular weight excluding hydrogens is 332 g/mol. The summed E-state index contributed by atoms with van der Waals surface area (Å²) in [6.45, 7) is 1.42. The van der Waals surface area contributed by atoms with Crippen molar-refractivity contribution in [2.24, 2.45) is 0 Å². The number of aliphatic hydroxyl groups excluding tert-OH is 2. The molecule has 0 aliphatic carbocycles. The average Bonchev–Trinajstić information content (AvgIpc) is 2.77. The number of aromatic nitrogens is 2. The number of nitrogens with one attached hydrogen (secondary N) is 1. The quantitative estimate of drug-likeness (QED) is 0.789. The second kappa shape index (κ2) is 6.04. The molecule has 0 amide bonds. The van der Waals surface area contributed by atoms with Gasteiger partial charge in [-0.1, -0.05) is 27.7 Å². The molecule has 7 heteroatoms. The number of thioether (sulfide) groups is 1. The van der Waals surface area contributed by atoms with E-state index < -0.39 is 12.2 Å². The fourth-order valence-corrected chi connectivity index (χ4v) is 2.65. The molecule has 3 N–H and O–H groups in total. The van der Waals surface area contributed by atoms with Crippen LogP contribution < -0.4 is 0 Å². The van der Waals surface area contributed by atoms with Crippen molar-refractivity contribution in [3.8, 4) is 0 Å². The first kappa shape index (κ1) is 14.5. The van der Waals surface area contributed by atoms with E-state index in [1.165, 1.54) is 6.92 Å². The van der Waals surface area contributed by atoms with E-state index in [2.05, 4.69) is 26.1 Å². The molecule has 1 aromatic heterocycles. The van der Waals surface area contributed by atoms with Crippen LogP contribution >= 0.6 is 27.7 Å². The third-order valence-corrected chi connectivity index (χ3v) is 4.07. The second-order valence-corrected chi connectivity index (χ2v) is 6.23. The molecular formula is C12H13BrN2O3S. The molecule has 2 unspecified atom stereocenters. The van der Waals surface area contributed by atoms with Gasteiger partial charge in [-0.3, -0.25) is 9.89 Å². The van der Waals surface area contributed by atoms with Gasteiger partial charge in [0.05, 0.1) is 17.3 Å². The van der Waals surface area contributed by atoms with Gasteiger partial charge in [0.25, 0.3) is 0 Å². The van der Waals surface area contributed by atoms with Crippen molar-refractivity contribution in [2.75, 3.05) is 5.75 Å². The minimum absolute atomic E-state index is 0.0929. The second-order valence-electron chi connectivity index (χ2n) is 4.11. The summed E-state index contributed by atoms with van der Waals surface area (Å²) in [4.78, 5) is 10.9. The summed E-state index contributed by atoms with van der Waals surface area (Å²) in [5, 5.41) is 27.4. The topological polar surface area (TPSA) is 86.2 Å². The summed E-state index contributed by atoms with van der Waals surface area (Å²) in [7, 11) is 0. The molecule has 0 spiro atoms. The molecule has 2 atom stereocenters. The van der Waals surface area contributed by atoms with Crippen LogP contribution in [-0.4, -0.2) is 37.4 Å². The van der Waals surface area contributed by atoms with E-state index in [0.29, 0.717) is 11.2 Å². The lowest BCUT2D eigenvalue weighted by molar-refractivity contribution is -0.109. The molecule has 19 heavy (non-hydrogen) atoms. The van der Waals surface area contributed by atoms with Crippen molar-refractivity contribution in [1.82, 2.24) is 10.2 Å². The van der Waals surface area contributed by atoms with E-state index in [1.807, 2.05) is 18.2 Å². The number of rotatable bonds is 4. The minimum Gasteiger partial charge on any atom is -0.389 e. The number of carbonyl (C=O) groups is 1. The Morgan fingerprint density at radius 2 is 2.26 bits per heavy atom. The predicted molar refractivity (Wildman–Crippen MR) is 77.9 cm³/mol. The largest absolute Gasteiger partial charge is 0.389 e. The Balaban J connectivity index is 2.21. The van der Waals surface area contributed by atoms with Crippen LogP contribution in [0.2, 0.25) is 0 Å². The van der Waals surface area contributed by atoms with Crippen LogP contribution in [0.15, 0.2) is 22.7 Å². The highest BCUT2D eigenvalue weighted by Crippen LogP contribution is 2.27. The third kappa shape index (κ3) is 3.36. The molecule has 1 heterocycles. The molecule has 102 valence electrons. The summed E-state index contributed by atoms with van der Waals surface area (Å²) >= 11 is 4.32. The Hall–Kier alpha value is -0.890. The first-order chi connectivity index (χ1) is 8.99. The van der Waals surface area contributed by atoms with Crippen molar-refractivity contribution in [3.63, 3.8) is 0 Å². The first-order valence-electron chi connectivity index (χ1n) is 5.62. The number of halogens is 1. The van der Waals surface area contributed by atoms with Crippen LogP contribution in [0, 0.1) is 0 Å². The van der Waals surface area contributed by atoms with Gasteiger partial charge in [0, 0.05) is 22.5 Å². The normalized spacial score (nSPS) is 14.5. The smallest absolute Gasteiger partial charge is 0.185 e. The highest BCUT2D eigenvalue weighted by molar-refractivity contribution is 9.10.